The molecule has 0 aliphatic rings. The Morgan fingerprint density at radius 2 is 1.86 bits per heavy atom. The highest BCUT2D eigenvalue weighted by Gasteiger charge is 2.20. The van der Waals surface area contributed by atoms with Crippen LogP contribution in [0.5, 0.6) is 5.75 Å². The van der Waals surface area contributed by atoms with Crippen molar-refractivity contribution in [1.82, 2.24) is 20.1 Å². The van der Waals surface area contributed by atoms with E-state index in [-0.39, 0.29) is 11.2 Å². The summed E-state index contributed by atoms with van der Waals surface area (Å²) in [5.41, 5.74) is 1.95. The van der Waals surface area contributed by atoms with Crippen LogP contribution >= 0.6 is 11.8 Å². The normalized spacial score (nSPS) is 11.8. The molecule has 1 aromatic heterocycles. The molecule has 0 aliphatic heterocycles. The zero-order valence-electron chi connectivity index (χ0n) is 16.3. The zero-order valence-corrected chi connectivity index (χ0v) is 17.1. The van der Waals surface area contributed by atoms with Crippen molar-refractivity contribution >= 4 is 17.7 Å². The van der Waals surface area contributed by atoms with E-state index in [4.69, 9.17) is 4.74 Å². The van der Waals surface area contributed by atoms with Gasteiger partial charge in [-0.3, -0.25) is 4.79 Å². The van der Waals surface area contributed by atoms with E-state index < -0.39 is 0 Å². The van der Waals surface area contributed by atoms with Crippen molar-refractivity contribution in [3.63, 3.8) is 0 Å². The highest BCUT2D eigenvalue weighted by molar-refractivity contribution is 8.00. The second kappa shape index (κ2) is 9.41. The molecule has 7 heteroatoms. The lowest BCUT2D eigenvalue weighted by Crippen LogP contribution is -2.30. The summed E-state index contributed by atoms with van der Waals surface area (Å²) in [5, 5.41) is 12.0. The van der Waals surface area contributed by atoms with E-state index in [0.717, 1.165) is 34.4 Å². The van der Waals surface area contributed by atoms with Crippen molar-refractivity contribution in [1.29, 1.82) is 0 Å². The number of methoxy groups -OCH3 is 1. The zero-order chi connectivity index (χ0) is 19.9. The van der Waals surface area contributed by atoms with Gasteiger partial charge in [-0.25, -0.2) is 0 Å². The van der Waals surface area contributed by atoms with Crippen LogP contribution in [-0.2, 0) is 17.9 Å². The van der Waals surface area contributed by atoms with Gasteiger partial charge in [0.2, 0.25) is 5.91 Å². The number of nitrogens with one attached hydrogen (secondary N) is 1. The van der Waals surface area contributed by atoms with E-state index in [0.29, 0.717) is 6.54 Å². The number of para-hydroxylation sites is 1. The van der Waals surface area contributed by atoms with Gasteiger partial charge in [-0.1, -0.05) is 60.3 Å². The number of thioether (sulfide) groups is 1. The molecule has 0 saturated carbocycles. The number of ether oxygens (including phenoxy) is 1. The molecule has 6 nitrogen and oxygen atoms in total. The fourth-order valence-electron chi connectivity index (χ4n) is 2.85. The lowest BCUT2D eigenvalue weighted by molar-refractivity contribution is -0.120. The number of carbonyl (C=O) groups excluding carboxylic acids is 1. The maximum absolute atomic E-state index is 12.6. The second-order valence-corrected chi connectivity index (χ2v) is 7.51. The van der Waals surface area contributed by atoms with Gasteiger partial charge in [0.25, 0.3) is 0 Å². The van der Waals surface area contributed by atoms with Crippen molar-refractivity contribution in [2.24, 2.45) is 0 Å². The summed E-state index contributed by atoms with van der Waals surface area (Å²) in [7, 11) is 1.63. The maximum atomic E-state index is 12.6. The molecule has 0 aliphatic carbocycles. The van der Waals surface area contributed by atoms with Gasteiger partial charge in [0.1, 0.15) is 5.75 Å². The Hall–Kier alpha value is -2.80. The third-order valence-corrected chi connectivity index (χ3v) is 5.44. The monoisotopic (exact) mass is 396 g/mol. The lowest BCUT2D eigenvalue weighted by Gasteiger charge is -2.14. The Labute approximate surface area is 169 Å². The first-order valence-corrected chi connectivity index (χ1v) is 10.1. The molecule has 1 atom stereocenters. The van der Waals surface area contributed by atoms with E-state index in [2.05, 4.69) is 15.5 Å². The summed E-state index contributed by atoms with van der Waals surface area (Å²) in [6, 6.07) is 17.6. The van der Waals surface area contributed by atoms with Crippen molar-refractivity contribution < 1.29 is 9.53 Å². The molecule has 1 unspecified atom stereocenters. The average molecular weight is 397 g/mol. The molecule has 28 heavy (non-hydrogen) atoms. The highest BCUT2D eigenvalue weighted by Crippen LogP contribution is 2.27. The standard InChI is InChI=1S/C21H24N4O2S/c1-4-25-19(16-10-6-5-7-11-16)23-24-21(25)28-15(2)20(26)22-14-17-12-8-9-13-18(17)27-3/h5-13,15H,4,14H2,1-3H3,(H,22,26). The molecule has 146 valence electrons. The molecule has 3 aromatic rings. The van der Waals surface area contributed by atoms with E-state index in [1.165, 1.54) is 11.8 Å². The van der Waals surface area contributed by atoms with Gasteiger partial charge in [0, 0.05) is 24.2 Å². The van der Waals surface area contributed by atoms with Gasteiger partial charge in [0.05, 0.1) is 12.4 Å². The van der Waals surface area contributed by atoms with Crippen LogP contribution in [-0.4, -0.2) is 33.0 Å². The van der Waals surface area contributed by atoms with Crippen molar-refractivity contribution in [3.05, 3.63) is 60.2 Å². The summed E-state index contributed by atoms with van der Waals surface area (Å²) in [6.45, 7) is 5.07. The van der Waals surface area contributed by atoms with Gasteiger partial charge in [-0.15, -0.1) is 10.2 Å². The van der Waals surface area contributed by atoms with E-state index >= 15 is 0 Å². The minimum absolute atomic E-state index is 0.0529. The van der Waals surface area contributed by atoms with Crippen LogP contribution in [0, 0.1) is 0 Å². The molecule has 0 bridgehead atoms. The van der Waals surface area contributed by atoms with E-state index in [1.54, 1.807) is 7.11 Å². The number of hydrogen-bond donors (Lipinski definition) is 1. The molecule has 0 spiro atoms. The van der Waals surface area contributed by atoms with Crippen LogP contribution in [0.4, 0.5) is 0 Å². The number of carbonyl (C=O) groups is 1. The van der Waals surface area contributed by atoms with Crippen LogP contribution in [0.3, 0.4) is 0 Å². The van der Waals surface area contributed by atoms with Crippen LogP contribution in [0.2, 0.25) is 0 Å². The summed E-state index contributed by atoms with van der Waals surface area (Å²) in [4.78, 5) is 12.6. The Morgan fingerprint density at radius 3 is 2.57 bits per heavy atom. The van der Waals surface area contributed by atoms with Crippen LogP contribution in [0.15, 0.2) is 59.8 Å². The SMILES string of the molecule is CCn1c(SC(C)C(=O)NCc2ccccc2OC)nnc1-c1ccccc1. The van der Waals surface area contributed by atoms with E-state index in [9.17, 15) is 4.79 Å². The molecule has 0 fully saturated rings. The second-order valence-electron chi connectivity index (χ2n) is 6.21. The number of aromatic nitrogens is 3. The summed E-state index contributed by atoms with van der Waals surface area (Å²) >= 11 is 1.41. The average Bonchev–Trinajstić information content (AvgIpc) is 3.15. The third-order valence-electron chi connectivity index (χ3n) is 4.36. The van der Waals surface area contributed by atoms with Crippen LogP contribution in [0.25, 0.3) is 11.4 Å². The minimum Gasteiger partial charge on any atom is -0.496 e. The minimum atomic E-state index is -0.298. The van der Waals surface area contributed by atoms with Crippen molar-refractivity contribution in [3.8, 4) is 17.1 Å². The molecule has 0 radical (unpaired) electrons. The Kier molecular flexibility index (Phi) is 6.71. The number of benzene rings is 2. The molecule has 1 heterocycles. The molecule has 1 amide bonds. The Morgan fingerprint density at radius 1 is 1.14 bits per heavy atom. The number of nitrogens with zero attached hydrogens (tertiary/aromatic N) is 3. The van der Waals surface area contributed by atoms with Gasteiger partial charge in [0.15, 0.2) is 11.0 Å². The van der Waals surface area contributed by atoms with Gasteiger partial charge in [-0.05, 0) is 19.9 Å². The van der Waals surface area contributed by atoms with Gasteiger partial charge >= 0.3 is 0 Å². The first-order chi connectivity index (χ1) is 13.6. The molecule has 2 aromatic carbocycles. The third kappa shape index (κ3) is 4.54. The van der Waals surface area contributed by atoms with E-state index in [1.807, 2.05) is 73.0 Å². The van der Waals surface area contributed by atoms with Gasteiger partial charge < -0.3 is 14.6 Å². The van der Waals surface area contributed by atoms with Crippen molar-refractivity contribution in [2.75, 3.05) is 7.11 Å². The molecule has 0 saturated heterocycles. The largest absolute Gasteiger partial charge is 0.496 e. The molecule has 1 N–H and O–H groups in total. The number of amides is 1. The predicted molar refractivity (Wildman–Crippen MR) is 111 cm³/mol. The van der Waals surface area contributed by atoms with Gasteiger partial charge in [-0.2, -0.15) is 0 Å². The number of rotatable bonds is 8. The molecular formula is C21H24N4O2S. The molecular weight excluding hydrogens is 372 g/mol. The quantitative estimate of drug-likeness (QED) is 0.587. The number of hydrogen-bond acceptors (Lipinski definition) is 5. The highest BCUT2D eigenvalue weighted by atomic mass is 32.2. The topological polar surface area (TPSA) is 69.0 Å². The summed E-state index contributed by atoms with van der Waals surface area (Å²) < 4.78 is 7.36. The Balaban J connectivity index is 1.66. The maximum Gasteiger partial charge on any atom is 0.233 e. The molecule has 3 rings (SSSR count). The smallest absolute Gasteiger partial charge is 0.233 e. The fraction of sp³-hybridized carbons (Fsp3) is 0.286. The van der Waals surface area contributed by atoms with Crippen LogP contribution in [0.1, 0.15) is 19.4 Å². The fourth-order valence-corrected chi connectivity index (χ4v) is 3.79. The first kappa shape index (κ1) is 19.9. The van der Waals surface area contributed by atoms with Crippen LogP contribution < -0.4 is 10.1 Å². The first-order valence-electron chi connectivity index (χ1n) is 9.19. The summed E-state index contributed by atoms with van der Waals surface area (Å²) in [5.74, 6) is 1.52. The summed E-state index contributed by atoms with van der Waals surface area (Å²) in [6.07, 6.45) is 0. The Bertz CT molecular complexity index is 927. The van der Waals surface area contributed by atoms with Crippen molar-refractivity contribution in [2.45, 2.75) is 37.3 Å². The predicted octanol–water partition coefficient (Wildman–Crippen LogP) is 3.77. The lowest BCUT2D eigenvalue weighted by atomic mass is 10.2.